The lowest BCUT2D eigenvalue weighted by atomic mass is 10.1. The number of esters is 1. The number of methoxy groups -OCH3 is 1. The third-order valence-electron chi connectivity index (χ3n) is 1.63. The molecule has 0 aliphatic heterocycles. The van der Waals surface area contributed by atoms with Gasteiger partial charge in [0.2, 0.25) is 0 Å². The molecule has 0 aliphatic carbocycles. The highest BCUT2D eigenvalue weighted by molar-refractivity contribution is 5.70. The molecule has 1 unspecified atom stereocenters. The summed E-state index contributed by atoms with van der Waals surface area (Å²) in [4.78, 5) is 10.6. The Morgan fingerprint density at radius 1 is 1.50 bits per heavy atom. The molecule has 72 valence electrons. The lowest BCUT2D eigenvalue weighted by Gasteiger charge is -2.09. The van der Waals surface area contributed by atoms with Crippen LogP contribution in [-0.4, -0.2) is 26.3 Å². The van der Waals surface area contributed by atoms with Gasteiger partial charge in [-0.1, -0.05) is 20.3 Å². The quantitative estimate of drug-likeness (QED) is 0.574. The van der Waals surface area contributed by atoms with E-state index < -0.39 is 0 Å². The van der Waals surface area contributed by atoms with E-state index in [9.17, 15) is 4.79 Å². The lowest BCUT2D eigenvalue weighted by molar-refractivity contribution is -0.146. The van der Waals surface area contributed by atoms with E-state index in [4.69, 9.17) is 4.74 Å². The molecule has 0 saturated carbocycles. The van der Waals surface area contributed by atoms with Gasteiger partial charge in [-0.25, -0.2) is 4.79 Å². The molecule has 12 heavy (non-hydrogen) atoms. The van der Waals surface area contributed by atoms with Crippen molar-refractivity contribution in [2.24, 2.45) is 5.92 Å². The maximum absolute atomic E-state index is 10.6. The summed E-state index contributed by atoms with van der Waals surface area (Å²) in [7, 11) is 1.36. The van der Waals surface area contributed by atoms with Crippen LogP contribution in [0.1, 0.15) is 26.7 Å². The molecular weight excluding hydrogens is 156 g/mol. The summed E-state index contributed by atoms with van der Waals surface area (Å²) in [5.41, 5.74) is 0. The monoisotopic (exact) mass is 174 g/mol. The molecule has 3 nitrogen and oxygen atoms in total. The first kappa shape index (κ1) is 11.4. The zero-order valence-corrected chi connectivity index (χ0v) is 8.13. The van der Waals surface area contributed by atoms with Gasteiger partial charge < -0.3 is 9.47 Å². The van der Waals surface area contributed by atoms with E-state index in [1.165, 1.54) is 7.11 Å². The SMILES string of the molecule is CCCC(C)COCC(=O)OC. The normalized spacial score (nSPS) is 12.6. The summed E-state index contributed by atoms with van der Waals surface area (Å²) in [6, 6.07) is 0. The topological polar surface area (TPSA) is 35.5 Å². The second kappa shape index (κ2) is 7.10. The van der Waals surface area contributed by atoms with Crippen LogP contribution in [0.3, 0.4) is 0 Å². The minimum Gasteiger partial charge on any atom is -0.467 e. The molecule has 0 fully saturated rings. The summed E-state index contributed by atoms with van der Waals surface area (Å²) < 4.78 is 9.55. The molecule has 0 aromatic heterocycles. The minimum atomic E-state index is -0.307. The van der Waals surface area contributed by atoms with E-state index in [0.29, 0.717) is 12.5 Å². The molecule has 0 bridgehead atoms. The maximum Gasteiger partial charge on any atom is 0.331 e. The van der Waals surface area contributed by atoms with Crippen molar-refractivity contribution in [2.75, 3.05) is 20.3 Å². The Morgan fingerprint density at radius 3 is 2.67 bits per heavy atom. The van der Waals surface area contributed by atoms with Gasteiger partial charge in [-0.15, -0.1) is 0 Å². The van der Waals surface area contributed by atoms with Crippen molar-refractivity contribution in [1.82, 2.24) is 0 Å². The summed E-state index contributed by atoms with van der Waals surface area (Å²) in [6.07, 6.45) is 2.30. The molecule has 0 aliphatic rings. The van der Waals surface area contributed by atoms with Crippen molar-refractivity contribution < 1.29 is 14.3 Å². The lowest BCUT2D eigenvalue weighted by Crippen LogP contribution is -2.14. The summed E-state index contributed by atoms with van der Waals surface area (Å²) in [5, 5.41) is 0. The van der Waals surface area contributed by atoms with Gasteiger partial charge in [0.15, 0.2) is 0 Å². The van der Waals surface area contributed by atoms with Crippen molar-refractivity contribution >= 4 is 5.97 Å². The highest BCUT2D eigenvalue weighted by Gasteiger charge is 2.03. The smallest absolute Gasteiger partial charge is 0.331 e. The molecule has 0 spiro atoms. The Hall–Kier alpha value is -0.570. The van der Waals surface area contributed by atoms with Crippen LogP contribution in [0.5, 0.6) is 0 Å². The van der Waals surface area contributed by atoms with Gasteiger partial charge in [0, 0.05) is 6.61 Å². The van der Waals surface area contributed by atoms with E-state index in [0.717, 1.165) is 12.8 Å². The zero-order chi connectivity index (χ0) is 9.40. The molecule has 0 rings (SSSR count). The molecular formula is C9H18O3. The molecule has 1 atom stereocenters. The van der Waals surface area contributed by atoms with Crippen LogP contribution in [0.25, 0.3) is 0 Å². The van der Waals surface area contributed by atoms with Crippen molar-refractivity contribution in [3.8, 4) is 0 Å². The fourth-order valence-corrected chi connectivity index (χ4v) is 0.979. The average Bonchev–Trinajstić information content (AvgIpc) is 2.04. The predicted molar refractivity (Wildman–Crippen MR) is 46.9 cm³/mol. The fourth-order valence-electron chi connectivity index (χ4n) is 0.979. The van der Waals surface area contributed by atoms with Gasteiger partial charge in [0.25, 0.3) is 0 Å². The van der Waals surface area contributed by atoms with E-state index in [1.807, 2.05) is 0 Å². The van der Waals surface area contributed by atoms with Crippen LogP contribution in [0, 0.1) is 5.92 Å². The Balaban J connectivity index is 3.24. The third-order valence-corrected chi connectivity index (χ3v) is 1.63. The second-order valence-electron chi connectivity index (χ2n) is 2.99. The Labute approximate surface area is 74.0 Å². The van der Waals surface area contributed by atoms with Gasteiger partial charge in [-0.2, -0.15) is 0 Å². The number of carbonyl (C=O) groups is 1. The second-order valence-corrected chi connectivity index (χ2v) is 2.99. The van der Waals surface area contributed by atoms with Gasteiger partial charge in [0.1, 0.15) is 6.61 Å². The van der Waals surface area contributed by atoms with Gasteiger partial charge >= 0.3 is 5.97 Å². The van der Waals surface area contributed by atoms with Crippen LogP contribution in [-0.2, 0) is 14.3 Å². The highest BCUT2D eigenvalue weighted by Crippen LogP contribution is 2.04. The van der Waals surface area contributed by atoms with E-state index in [1.54, 1.807) is 0 Å². The largest absolute Gasteiger partial charge is 0.467 e. The fraction of sp³-hybridized carbons (Fsp3) is 0.889. The third kappa shape index (κ3) is 6.16. The van der Waals surface area contributed by atoms with Crippen molar-refractivity contribution in [1.29, 1.82) is 0 Å². The molecule has 0 aromatic rings. The molecule has 0 heterocycles. The molecule has 0 radical (unpaired) electrons. The van der Waals surface area contributed by atoms with E-state index in [-0.39, 0.29) is 12.6 Å². The van der Waals surface area contributed by atoms with Crippen LogP contribution in [0.4, 0.5) is 0 Å². The standard InChI is InChI=1S/C9H18O3/c1-4-5-8(2)6-12-7-9(10)11-3/h8H,4-7H2,1-3H3. The first-order chi connectivity index (χ1) is 5.70. The number of hydrogen-bond donors (Lipinski definition) is 0. The first-order valence-corrected chi connectivity index (χ1v) is 4.35. The minimum absolute atomic E-state index is 0.0740. The number of hydrogen-bond acceptors (Lipinski definition) is 3. The van der Waals surface area contributed by atoms with Gasteiger partial charge in [0.05, 0.1) is 7.11 Å². The molecule has 0 amide bonds. The van der Waals surface area contributed by atoms with Crippen molar-refractivity contribution in [2.45, 2.75) is 26.7 Å². The Morgan fingerprint density at radius 2 is 2.17 bits per heavy atom. The van der Waals surface area contributed by atoms with Crippen LogP contribution in [0.15, 0.2) is 0 Å². The average molecular weight is 174 g/mol. The van der Waals surface area contributed by atoms with E-state index in [2.05, 4.69) is 18.6 Å². The Bertz CT molecular complexity index is 123. The van der Waals surface area contributed by atoms with Gasteiger partial charge in [-0.05, 0) is 12.3 Å². The molecule has 0 aromatic carbocycles. The van der Waals surface area contributed by atoms with Crippen molar-refractivity contribution in [3.05, 3.63) is 0 Å². The first-order valence-electron chi connectivity index (χ1n) is 4.35. The summed E-state index contributed by atoms with van der Waals surface area (Å²) in [6.45, 7) is 4.96. The van der Waals surface area contributed by atoms with Gasteiger partial charge in [-0.3, -0.25) is 0 Å². The Kier molecular flexibility index (Phi) is 6.76. The molecule has 0 N–H and O–H groups in total. The maximum atomic E-state index is 10.6. The van der Waals surface area contributed by atoms with Crippen LogP contribution < -0.4 is 0 Å². The summed E-state index contributed by atoms with van der Waals surface area (Å²) >= 11 is 0. The molecule has 3 heteroatoms. The summed E-state index contributed by atoms with van der Waals surface area (Å²) in [5.74, 6) is 0.221. The van der Waals surface area contributed by atoms with Crippen molar-refractivity contribution in [3.63, 3.8) is 0 Å². The molecule has 0 saturated heterocycles. The van der Waals surface area contributed by atoms with Crippen LogP contribution in [0.2, 0.25) is 0 Å². The number of carbonyl (C=O) groups excluding carboxylic acids is 1. The highest BCUT2D eigenvalue weighted by atomic mass is 16.6. The number of rotatable bonds is 6. The van der Waals surface area contributed by atoms with Crippen LogP contribution >= 0.6 is 0 Å². The number of ether oxygens (including phenoxy) is 2. The zero-order valence-electron chi connectivity index (χ0n) is 8.13. The van der Waals surface area contributed by atoms with E-state index >= 15 is 0 Å². The predicted octanol–water partition coefficient (Wildman–Crippen LogP) is 1.61.